The third-order valence-corrected chi connectivity index (χ3v) is 7.29. The van der Waals surface area contributed by atoms with Gasteiger partial charge in [-0.1, -0.05) is 42.5 Å². The third-order valence-electron chi connectivity index (χ3n) is 6.19. The summed E-state index contributed by atoms with van der Waals surface area (Å²) >= 11 is 1.34. The van der Waals surface area contributed by atoms with Crippen molar-refractivity contribution in [3.63, 3.8) is 0 Å². The molecule has 2 aromatic heterocycles. The largest absolute Gasteiger partial charge is 0.497 e. The summed E-state index contributed by atoms with van der Waals surface area (Å²) in [6.45, 7) is 4.59. The van der Waals surface area contributed by atoms with Crippen LogP contribution in [-0.4, -0.2) is 62.3 Å². The zero-order valence-corrected chi connectivity index (χ0v) is 20.4. The van der Waals surface area contributed by atoms with E-state index in [1.807, 2.05) is 60.7 Å². The van der Waals surface area contributed by atoms with Gasteiger partial charge in [0.1, 0.15) is 15.5 Å². The van der Waals surface area contributed by atoms with Gasteiger partial charge in [-0.15, -0.1) is 11.3 Å². The fraction of sp³-hybridized carbons (Fsp3) is 0.259. The average molecular weight is 489 g/mol. The minimum atomic E-state index is -0.166. The number of rotatable bonds is 7. The maximum Gasteiger partial charge on any atom is 0.263 e. The smallest absolute Gasteiger partial charge is 0.263 e. The molecule has 0 aliphatic carbocycles. The summed E-state index contributed by atoms with van der Waals surface area (Å²) in [6.07, 6.45) is 0. The Labute approximate surface area is 208 Å². The lowest BCUT2D eigenvalue weighted by molar-refractivity contribution is 0.0383. The first-order valence-corrected chi connectivity index (χ1v) is 12.5. The van der Waals surface area contributed by atoms with Crippen LogP contribution in [0, 0.1) is 0 Å². The van der Waals surface area contributed by atoms with Crippen molar-refractivity contribution in [2.45, 2.75) is 0 Å². The fourth-order valence-electron chi connectivity index (χ4n) is 4.28. The molecule has 8 heteroatoms. The number of hydrogen-bond donors (Lipinski definition) is 2. The summed E-state index contributed by atoms with van der Waals surface area (Å²) in [5.74, 6) is 0.613. The molecule has 0 radical (unpaired) electrons. The second kappa shape index (κ2) is 10.4. The molecule has 4 aromatic rings. The number of benzene rings is 2. The lowest BCUT2D eigenvalue weighted by Gasteiger charge is -2.26. The second-order valence-corrected chi connectivity index (χ2v) is 9.38. The molecule has 2 aromatic carbocycles. The quantitative estimate of drug-likeness (QED) is 0.404. The zero-order chi connectivity index (χ0) is 24.2. The van der Waals surface area contributed by atoms with E-state index in [4.69, 9.17) is 20.2 Å². The van der Waals surface area contributed by atoms with E-state index < -0.39 is 0 Å². The Morgan fingerprint density at radius 1 is 1.11 bits per heavy atom. The van der Waals surface area contributed by atoms with Crippen molar-refractivity contribution < 1.29 is 14.3 Å². The van der Waals surface area contributed by atoms with Crippen molar-refractivity contribution in [3.05, 3.63) is 65.5 Å². The minimum absolute atomic E-state index is 0.166. The van der Waals surface area contributed by atoms with Gasteiger partial charge in [-0.3, -0.25) is 9.69 Å². The Balaban J connectivity index is 1.50. The maximum atomic E-state index is 13.1. The lowest BCUT2D eigenvalue weighted by atomic mass is 9.99. The molecule has 0 atom stereocenters. The number of amides is 1. The fourth-order valence-corrected chi connectivity index (χ4v) is 5.31. The van der Waals surface area contributed by atoms with Gasteiger partial charge in [0.25, 0.3) is 5.91 Å². The highest BCUT2D eigenvalue weighted by atomic mass is 32.1. The highest BCUT2D eigenvalue weighted by Crippen LogP contribution is 2.41. The van der Waals surface area contributed by atoms with Gasteiger partial charge in [0.05, 0.1) is 31.7 Å². The summed E-state index contributed by atoms with van der Waals surface area (Å²) in [5, 5.41) is 3.84. The average Bonchev–Trinajstić information content (AvgIpc) is 3.25. The number of nitrogens with one attached hydrogen (secondary N) is 1. The van der Waals surface area contributed by atoms with Crippen molar-refractivity contribution in [1.29, 1.82) is 0 Å². The zero-order valence-electron chi connectivity index (χ0n) is 19.6. The monoisotopic (exact) mass is 488 g/mol. The van der Waals surface area contributed by atoms with Gasteiger partial charge in [0.15, 0.2) is 0 Å². The molecule has 35 heavy (non-hydrogen) atoms. The Bertz CT molecular complexity index is 1320. The van der Waals surface area contributed by atoms with Crippen molar-refractivity contribution in [3.8, 4) is 28.1 Å². The predicted molar refractivity (Wildman–Crippen MR) is 141 cm³/mol. The predicted octanol–water partition coefficient (Wildman–Crippen LogP) is 4.28. The summed E-state index contributed by atoms with van der Waals surface area (Å²) in [7, 11) is 1.65. The van der Waals surface area contributed by atoms with E-state index in [0.717, 1.165) is 71.2 Å². The van der Waals surface area contributed by atoms with Gasteiger partial charge in [-0.2, -0.15) is 0 Å². The van der Waals surface area contributed by atoms with E-state index in [-0.39, 0.29) is 5.91 Å². The topological polar surface area (TPSA) is 89.7 Å². The number of hydrogen-bond acceptors (Lipinski definition) is 7. The van der Waals surface area contributed by atoms with E-state index in [2.05, 4.69) is 10.2 Å². The molecule has 0 bridgehead atoms. The van der Waals surface area contributed by atoms with Crippen LogP contribution in [0.4, 0.5) is 5.69 Å². The SMILES string of the molecule is COc1ccc(-c2cc(-c3ccccc3)nc3sc(C(=O)NCCN4CCOCC4)c(N)c23)cc1. The van der Waals surface area contributed by atoms with E-state index in [1.54, 1.807) is 7.11 Å². The normalized spacial score (nSPS) is 14.2. The van der Waals surface area contributed by atoms with Crippen LogP contribution in [0.2, 0.25) is 0 Å². The molecular weight excluding hydrogens is 460 g/mol. The number of anilines is 1. The number of fused-ring (bicyclic) bond motifs is 1. The summed E-state index contributed by atoms with van der Waals surface area (Å²) in [6, 6.07) is 19.9. The van der Waals surface area contributed by atoms with Crippen LogP contribution < -0.4 is 15.8 Å². The number of aromatic nitrogens is 1. The Morgan fingerprint density at radius 3 is 2.57 bits per heavy atom. The lowest BCUT2D eigenvalue weighted by Crippen LogP contribution is -2.41. The number of carbonyl (C=O) groups excluding carboxylic acids is 1. The van der Waals surface area contributed by atoms with Crippen LogP contribution in [0.5, 0.6) is 5.75 Å². The Kier molecular flexibility index (Phi) is 6.94. The van der Waals surface area contributed by atoms with Crippen LogP contribution in [-0.2, 0) is 4.74 Å². The molecule has 5 rings (SSSR count). The molecule has 1 aliphatic rings. The number of methoxy groups -OCH3 is 1. The van der Waals surface area contributed by atoms with Crippen molar-refractivity contribution >= 4 is 33.1 Å². The number of thiophene rings is 1. The molecule has 0 spiro atoms. The van der Waals surface area contributed by atoms with Crippen molar-refractivity contribution in [2.24, 2.45) is 0 Å². The number of morpholine rings is 1. The highest BCUT2D eigenvalue weighted by molar-refractivity contribution is 7.21. The second-order valence-electron chi connectivity index (χ2n) is 8.38. The standard InChI is InChI=1S/C27H28N4O3S/c1-33-20-9-7-18(8-10-20)21-17-22(19-5-3-2-4-6-19)30-27-23(21)24(28)25(35-27)26(32)29-11-12-31-13-15-34-16-14-31/h2-10,17H,11-16,28H2,1H3,(H,29,32). The molecule has 1 saturated heterocycles. The first kappa shape index (κ1) is 23.3. The van der Waals surface area contributed by atoms with Crippen molar-refractivity contribution in [1.82, 2.24) is 15.2 Å². The van der Waals surface area contributed by atoms with Crippen LogP contribution in [0.1, 0.15) is 9.67 Å². The van der Waals surface area contributed by atoms with Gasteiger partial charge in [-0.05, 0) is 29.3 Å². The third kappa shape index (κ3) is 5.00. The van der Waals surface area contributed by atoms with Crippen molar-refractivity contribution in [2.75, 3.05) is 52.2 Å². The maximum absolute atomic E-state index is 13.1. The molecule has 0 unspecified atom stereocenters. The number of nitrogens with zero attached hydrogens (tertiary/aromatic N) is 2. The minimum Gasteiger partial charge on any atom is -0.497 e. The van der Waals surface area contributed by atoms with Gasteiger partial charge in [0, 0.05) is 37.1 Å². The first-order chi connectivity index (χ1) is 17.1. The molecule has 180 valence electrons. The molecule has 1 aliphatic heterocycles. The molecule has 1 fully saturated rings. The first-order valence-electron chi connectivity index (χ1n) is 11.6. The van der Waals surface area contributed by atoms with Gasteiger partial charge in [-0.25, -0.2) is 4.98 Å². The summed E-state index contributed by atoms with van der Waals surface area (Å²) in [4.78, 5) is 21.5. The van der Waals surface area contributed by atoms with Crippen LogP contribution in [0.25, 0.3) is 32.6 Å². The molecule has 3 N–H and O–H groups in total. The molecule has 1 amide bonds. The summed E-state index contributed by atoms with van der Waals surface area (Å²) in [5.41, 5.74) is 10.8. The summed E-state index contributed by atoms with van der Waals surface area (Å²) < 4.78 is 10.7. The Morgan fingerprint density at radius 2 is 1.86 bits per heavy atom. The molecule has 3 heterocycles. The van der Waals surface area contributed by atoms with Gasteiger partial charge >= 0.3 is 0 Å². The van der Waals surface area contributed by atoms with Crippen LogP contribution in [0.15, 0.2) is 60.7 Å². The van der Waals surface area contributed by atoms with Crippen LogP contribution in [0.3, 0.4) is 0 Å². The van der Waals surface area contributed by atoms with E-state index in [1.165, 1.54) is 11.3 Å². The van der Waals surface area contributed by atoms with E-state index in [0.29, 0.717) is 17.1 Å². The number of nitrogen functional groups attached to an aromatic ring is 1. The van der Waals surface area contributed by atoms with E-state index >= 15 is 0 Å². The van der Waals surface area contributed by atoms with Crippen LogP contribution >= 0.6 is 11.3 Å². The number of pyridine rings is 1. The van der Waals surface area contributed by atoms with Gasteiger partial charge in [0.2, 0.25) is 0 Å². The number of ether oxygens (including phenoxy) is 2. The number of nitrogens with two attached hydrogens (primary N) is 1. The van der Waals surface area contributed by atoms with E-state index in [9.17, 15) is 4.79 Å². The molecule has 0 saturated carbocycles. The highest BCUT2D eigenvalue weighted by Gasteiger charge is 2.22. The van der Waals surface area contributed by atoms with Gasteiger partial charge < -0.3 is 20.5 Å². The molecular formula is C27H28N4O3S. The number of carbonyl (C=O) groups is 1. The Hall–Kier alpha value is -3.46. The molecule has 7 nitrogen and oxygen atoms in total.